The van der Waals surface area contributed by atoms with E-state index in [0.717, 1.165) is 28.2 Å². The van der Waals surface area contributed by atoms with E-state index < -0.39 is 0 Å². The molecule has 0 atom stereocenters. The largest absolute Gasteiger partial charge is 0.311 e. The monoisotopic (exact) mass is 1240 g/mol. The first-order chi connectivity index (χ1) is 46.0. The van der Waals surface area contributed by atoms with E-state index >= 15 is 0 Å². The van der Waals surface area contributed by atoms with Gasteiger partial charge in [0.25, 0.3) is 6.71 Å². The maximum atomic E-state index is 2.66. The summed E-state index contributed by atoms with van der Waals surface area (Å²) < 4.78 is 5.13. The summed E-state index contributed by atoms with van der Waals surface area (Å²) in [6, 6.07) is 105. The van der Waals surface area contributed by atoms with E-state index in [4.69, 9.17) is 0 Å². The second kappa shape index (κ2) is 21.0. The van der Waals surface area contributed by atoms with Crippen LogP contribution in [0, 0.1) is 0 Å². The van der Waals surface area contributed by atoms with Crippen molar-refractivity contribution in [3.63, 3.8) is 0 Å². The first-order valence-electron chi connectivity index (χ1n) is 33.7. The summed E-state index contributed by atoms with van der Waals surface area (Å²) in [5, 5.41) is 11.6. The third-order valence-corrected chi connectivity index (χ3v) is 21.9. The lowest BCUT2D eigenvalue weighted by molar-refractivity contribution is 0.590. The Morgan fingerprint density at radius 1 is 0.316 bits per heavy atom. The number of rotatable bonds is 7. The summed E-state index contributed by atoms with van der Waals surface area (Å²) in [5.74, 6) is 0. The molecule has 0 N–H and O–H groups in total. The normalized spacial score (nSPS) is 13.3. The van der Waals surface area contributed by atoms with Gasteiger partial charge in [-0.15, -0.1) is 11.3 Å². The van der Waals surface area contributed by atoms with E-state index in [1.807, 2.05) is 11.3 Å². The predicted molar refractivity (Wildman–Crippen MR) is 412 cm³/mol. The number of para-hydroxylation sites is 3. The Labute approximate surface area is 561 Å². The molecule has 0 spiro atoms. The summed E-state index contributed by atoms with van der Waals surface area (Å²) in [4.78, 5) is 5.31. The molecule has 0 bridgehead atoms. The van der Waals surface area contributed by atoms with Gasteiger partial charge in [-0.3, -0.25) is 0 Å². The van der Waals surface area contributed by atoms with Crippen molar-refractivity contribution in [1.82, 2.24) is 4.57 Å². The van der Waals surface area contributed by atoms with Gasteiger partial charge in [0.05, 0.1) is 28.1 Å². The number of aromatic nitrogens is 1. The summed E-state index contributed by atoms with van der Waals surface area (Å²) in [6.07, 6.45) is 0. The Hall–Kier alpha value is -10.5. The highest BCUT2D eigenvalue weighted by Crippen LogP contribution is 2.54. The summed E-state index contributed by atoms with van der Waals surface area (Å²) in [6.45, 7) is 20.8. The van der Waals surface area contributed by atoms with E-state index in [0.29, 0.717) is 0 Å². The van der Waals surface area contributed by atoms with Crippen molar-refractivity contribution in [3.05, 3.63) is 290 Å². The van der Waals surface area contributed by atoms with E-state index in [1.54, 1.807) is 0 Å². The molecule has 4 heterocycles. The van der Waals surface area contributed by atoms with E-state index in [2.05, 4.69) is 350 Å². The molecule has 18 rings (SSSR count). The van der Waals surface area contributed by atoms with Crippen molar-refractivity contribution in [3.8, 4) is 50.2 Å². The van der Waals surface area contributed by atoms with Crippen LogP contribution in [0.2, 0.25) is 0 Å². The van der Waals surface area contributed by atoms with Crippen LogP contribution in [0.5, 0.6) is 0 Å². The zero-order valence-electron chi connectivity index (χ0n) is 55.3. The Bertz CT molecular complexity index is 5780. The van der Waals surface area contributed by atoms with Crippen LogP contribution < -0.4 is 25.5 Å². The van der Waals surface area contributed by atoms with Crippen LogP contribution in [0.25, 0.3) is 114 Å². The first kappa shape index (κ1) is 57.2. The number of benzene rings is 14. The van der Waals surface area contributed by atoms with Crippen LogP contribution in [0.3, 0.4) is 0 Å². The minimum atomic E-state index is -0.123. The van der Waals surface area contributed by atoms with Gasteiger partial charge in [-0.2, -0.15) is 0 Å². The van der Waals surface area contributed by atoms with Crippen molar-refractivity contribution in [2.24, 2.45) is 0 Å². The fraction of sp³-hybridized carbons (Fsp3) is 0.133. The molecule has 16 aromatic rings. The quantitative estimate of drug-likeness (QED) is 0.116. The van der Waals surface area contributed by atoms with Crippen molar-refractivity contribution < 1.29 is 0 Å². The van der Waals surface area contributed by atoms with Gasteiger partial charge in [-0.25, -0.2) is 0 Å². The Balaban J connectivity index is 0.941. The highest BCUT2D eigenvalue weighted by atomic mass is 32.1. The van der Waals surface area contributed by atoms with Crippen molar-refractivity contribution in [2.45, 2.75) is 78.6 Å². The Kier molecular flexibility index (Phi) is 12.7. The zero-order chi connectivity index (χ0) is 64.4. The fourth-order valence-electron chi connectivity index (χ4n) is 15.9. The number of thiophene rings is 1. The SMILES string of the molecule is CC(C)(C)c1ccc(-n2c3ccccc3c3cc4c(cc32)N(c2ccccc2-c2ccccc2)c2cc(-c3ccc(-c5cc6cc(C(C)(C)C)cc7ccc8cc(C(C)(C)C)cc5c8c76)cc3)cc3c2B4c2sc4ccccc4c2N3c2ccccc2-c2ccccc2)cc1. The maximum absolute atomic E-state index is 2.66. The molecular weight excluding hydrogens is 1170 g/mol. The van der Waals surface area contributed by atoms with Gasteiger partial charge in [0.2, 0.25) is 0 Å². The highest BCUT2D eigenvalue weighted by Gasteiger charge is 2.47. The van der Waals surface area contributed by atoms with Gasteiger partial charge in [0.15, 0.2) is 0 Å². The van der Waals surface area contributed by atoms with Crippen LogP contribution in [-0.4, -0.2) is 11.3 Å². The highest BCUT2D eigenvalue weighted by molar-refractivity contribution is 7.33. The molecule has 2 aliphatic heterocycles. The molecule has 0 aliphatic carbocycles. The topological polar surface area (TPSA) is 11.4 Å². The molecule has 0 fully saturated rings. The van der Waals surface area contributed by atoms with E-state index in [9.17, 15) is 0 Å². The molecule has 0 amide bonds. The second-order valence-corrected chi connectivity index (χ2v) is 30.8. The molecule has 0 radical (unpaired) electrons. The molecule has 0 saturated heterocycles. The van der Waals surface area contributed by atoms with Crippen LogP contribution in [0.1, 0.15) is 79.0 Å². The van der Waals surface area contributed by atoms with Crippen LogP contribution >= 0.6 is 11.3 Å². The van der Waals surface area contributed by atoms with Crippen LogP contribution in [0.15, 0.2) is 273 Å². The van der Waals surface area contributed by atoms with Crippen molar-refractivity contribution in [1.29, 1.82) is 0 Å². The van der Waals surface area contributed by atoms with E-state index in [-0.39, 0.29) is 23.0 Å². The molecule has 2 aliphatic rings. The van der Waals surface area contributed by atoms with Crippen molar-refractivity contribution >= 4 is 132 Å². The average Bonchev–Trinajstić information content (AvgIpc) is 1.67. The molecule has 2 aromatic heterocycles. The molecule has 14 aromatic carbocycles. The first-order valence-corrected chi connectivity index (χ1v) is 34.5. The molecule has 3 nitrogen and oxygen atoms in total. The average molecular weight is 1240 g/mol. The summed E-state index contributed by atoms with van der Waals surface area (Å²) in [5.41, 5.74) is 26.6. The lowest BCUT2D eigenvalue weighted by Gasteiger charge is -2.44. The van der Waals surface area contributed by atoms with Crippen molar-refractivity contribution in [2.75, 3.05) is 9.80 Å². The molecule has 456 valence electrons. The minimum absolute atomic E-state index is 0.0103. The summed E-state index contributed by atoms with van der Waals surface area (Å²) >= 11 is 1.95. The molecule has 0 saturated carbocycles. The second-order valence-electron chi connectivity index (χ2n) is 29.7. The molecule has 95 heavy (non-hydrogen) atoms. The van der Waals surface area contributed by atoms with Crippen LogP contribution in [-0.2, 0) is 16.2 Å². The van der Waals surface area contributed by atoms with Gasteiger partial charge in [-0.1, -0.05) is 269 Å². The van der Waals surface area contributed by atoms with Crippen LogP contribution in [0.4, 0.5) is 34.1 Å². The molecule has 0 unspecified atom stereocenters. The number of hydrogen-bond donors (Lipinski definition) is 0. The standard InChI is InChI=1S/C90H72BN3S/c1-88(2,3)63-42-44-66(45-43-63)92-77-34-22-18-30-69(77)72-53-74-79(54-78(72)92)93(75-32-20-16-28-67(75)56-24-12-10-13-25-56)80-50-61(51-81-85(80)91(74)87-86(70-31-19-23-35-82(70)95-87)94(81)76-33-21-17-29-68(76)57-26-14-11-15-27-57)55-36-38-58(39-37-55)71-49-62-48-64(89(4,5)6)46-59-40-41-60-47-65(90(7,8)9)52-73(71)84(60)83(59)62/h10-54H,1-9H3. The molecule has 5 heteroatoms. The van der Waals surface area contributed by atoms with Gasteiger partial charge in [0.1, 0.15) is 0 Å². The van der Waals surface area contributed by atoms with Gasteiger partial charge < -0.3 is 14.4 Å². The fourth-order valence-corrected chi connectivity index (χ4v) is 17.2. The summed E-state index contributed by atoms with van der Waals surface area (Å²) in [7, 11) is 0. The minimum Gasteiger partial charge on any atom is -0.311 e. The third kappa shape index (κ3) is 8.99. The van der Waals surface area contributed by atoms with Gasteiger partial charge in [-0.05, 0) is 176 Å². The lowest BCUT2D eigenvalue weighted by atomic mass is 9.36. The molecular formula is C90H72BN3S. The van der Waals surface area contributed by atoms with Gasteiger partial charge in [0, 0.05) is 59.5 Å². The maximum Gasteiger partial charge on any atom is 0.264 e. The Morgan fingerprint density at radius 3 is 1.49 bits per heavy atom. The van der Waals surface area contributed by atoms with Gasteiger partial charge >= 0.3 is 0 Å². The third-order valence-electron chi connectivity index (χ3n) is 20.7. The number of nitrogens with zero attached hydrogens (tertiary/aromatic N) is 3. The van der Waals surface area contributed by atoms with E-state index in [1.165, 1.54) is 153 Å². The number of fused-ring (bicyclic) bond motifs is 9. The zero-order valence-corrected chi connectivity index (χ0v) is 56.1. The predicted octanol–water partition coefficient (Wildman–Crippen LogP) is 23.5. The smallest absolute Gasteiger partial charge is 0.264 e. The number of hydrogen-bond acceptors (Lipinski definition) is 3. The number of anilines is 6. The lowest BCUT2D eigenvalue weighted by Crippen LogP contribution is -2.60. The Morgan fingerprint density at radius 2 is 0.842 bits per heavy atom.